The zero-order valence-corrected chi connectivity index (χ0v) is 21.1. The lowest BCUT2D eigenvalue weighted by Crippen LogP contribution is -2.30. The van der Waals surface area contributed by atoms with Crippen LogP contribution in [-0.2, 0) is 22.6 Å². The predicted octanol–water partition coefficient (Wildman–Crippen LogP) is 2.20. The number of aromatic nitrogens is 1. The number of methoxy groups -OCH3 is 2. The number of nitrogens with zero attached hydrogens (tertiary/aromatic N) is 3. The molecule has 1 saturated heterocycles. The van der Waals surface area contributed by atoms with Crippen LogP contribution in [0.15, 0.2) is 45.6 Å². The van der Waals surface area contributed by atoms with E-state index in [1.165, 1.54) is 0 Å². The van der Waals surface area contributed by atoms with Crippen LogP contribution in [0.3, 0.4) is 0 Å². The van der Waals surface area contributed by atoms with Gasteiger partial charge in [-0.25, -0.2) is 4.79 Å². The molecule has 1 aromatic heterocycles. The van der Waals surface area contributed by atoms with Crippen LogP contribution in [0.2, 0.25) is 0 Å². The number of nitrogens with one attached hydrogen (secondary N) is 1. The summed E-state index contributed by atoms with van der Waals surface area (Å²) in [6.07, 6.45) is 0.807. The van der Waals surface area contributed by atoms with Gasteiger partial charge in [-0.3, -0.25) is 14.2 Å². The Kier molecular flexibility index (Phi) is 7.64. The van der Waals surface area contributed by atoms with Crippen molar-refractivity contribution in [1.29, 1.82) is 0 Å². The van der Waals surface area contributed by atoms with E-state index >= 15 is 0 Å². The Bertz CT molecular complexity index is 1310. The Hall–Kier alpha value is -3.79. The normalized spacial score (nSPS) is 15.6. The van der Waals surface area contributed by atoms with Crippen LogP contribution < -0.4 is 20.5 Å². The zero-order valence-electron chi connectivity index (χ0n) is 21.1. The molecule has 4 rings (SSSR count). The van der Waals surface area contributed by atoms with E-state index in [-0.39, 0.29) is 18.2 Å². The standard InChI is InChI=1S/C26H32N4O6/c1-28(2)11-12-30-20-15-19(6-8-21(20)36-26(30)33)27-25(32)18-14-24(31)29(16-18)10-9-17-5-7-22(34-3)23(13-17)35-4/h5-8,13,15,18H,9-12,14,16H2,1-4H3,(H,27,32). The number of carbonyl (C=O) groups excluding carboxylic acids is 2. The molecule has 2 aromatic carbocycles. The Morgan fingerprint density at radius 2 is 1.86 bits per heavy atom. The molecule has 3 aromatic rings. The Balaban J connectivity index is 1.38. The average Bonchev–Trinajstić information content (AvgIpc) is 3.39. The molecule has 36 heavy (non-hydrogen) atoms. The molecule has 0 saturated carbocycles. The number of likely N-dealkylation sites (tertiary alicyclic amines) is 1. The van der Waals surface area contributed by atoms with Crippen molar-refractivity contribution >= 4 is 28.6 Å². The van der Waals surface area contributed by atoms with Crippen molar-refractivity contribution in [3.63, 3.8) is 0 Å². The number of likely N-dealkylation sites (N-methyl/N-ethyl adjacent to an activating group) is 1. The van der Waals surface area contributed by atoms with Crippen LogP contribution in [-0.4, -0.2) is 74.1 Å². The molecule has 1 fully saturated rings. The number of hydrogen-bond acceptors (Lipinski definition) is 7. The van der Waals surface area contributed by atoms with Gasteiger partial charge in [0.05, 0.1) is 25.7 Å². The van der Waals surface area contributed by atoms with Gasteiger partial charge in [-0.15, -0.1) is 0 Å². The number of rotatable bonds is 10. The number of fused-ring (bicyclic) bond motifs is 1. The highest BCUT2D eigenvalue weighted by Crippen LogP contribution is 2.28. The minimum atomic E-state index is -0.445. The maximum atomic E-state index is 13.0. The molecule has 1 unspecified atom stereocenters. The first-order valence-corrected chi connectivity index (χ1v) is 11.9. The highest BCUT2D eigenvalue weighted by atomic mass is 16.5. The number of oxazole rings is 1. The van der Waals surface area contributed by atoms with E-state index in [0.29, 0.717) is 60.9 Å². The average molecular weight is 497 g/mol. The van der Waals surface area contributed by atoms with Crippen LogP contribution in [0.1, 0.15) is 12.0 Å². The van der Waals surface area contributed by atoms with Crippen LogP contribution in [0.4, 0.5) is 5.69 Å². The third-order valence-electron chi connectivity index (χ3n) is 6.41. The van der Waals surface area contributed by atoms with E-state index in [4.69, 9.17) is 13.9 Å². The first-order valence-electron chi connectivity index (χ1n) is 11.9. The highest BCUT2D eigenvalue weighted by molar-refractivity contribution is 5.98. The van der Waals surface area contributed by atoms with Crippen molar-refractivity contribution in [2.45, 2.75) is 19.4 Å². The lowest BCUT2D eigenvalue weighted by molar-refractivity contribution is -0.128. The third kappa shape index (κ3) is 5.54. The largest absolute Gasteiger partial charge is 0.493 e. The van der Waals surface area contributed by atoms with Gasteiger partial charge in [0.1, 0.15) is 0 Å². The topological polar surface area (TPSA) is 106 Å². The summed E-state index contributed by atoms with van der Waals surface area (Å²) in [5, 5.41) is 2.90. The third-order valence-corrected chi connectivity index (χ3v) is 6.41. The second-order valence-electron chi connectivity index (χ2n) is 9.17. The van der Waals surface area contributed by atoms with Crippen molar-refractivity contribution in [3.8, 4) is 11.5 Å². The van der Waals surface area contributed by atoms with Gasteiger partial charge in [-0.1, -0.05) is 6.07 Å². The van der Waals surface area contributed by atoms with Gasteiger partial charge in [0.2, 0.25) is 11.8 Å². The van der Waals surface area contributed by atoms with Crippen LogP contribution in [0.5, 0.6) is 11.5 Å². The molecular formula is C26H32N4O6. The van der Waals surface area contributed by atoms with Crippen molar-refractivity contribution in [1.82, 2.24) is 14.4 Å². The Morgan fingerprint density at radius 1 is 1.08 bits per heavy atom. The highest BCUT2D eigenvalue weighted by Gasteiger charge is 2.34. The van der Waals surface area contributed by atoms with E-state index in [1.54, 1.807) is 41.9 Å². The maximum Gasteiger partial charge on any atom is 0.419 e. The van der Waals surface area contributed by atoms with Gasteiger partial charge in [-0.2, -0.15) is 0 Å². The molecule has 2 heterocycles. The molecule has 10 heteroatoms. The van der Waals surface area contributed by atoms with Crippen molar-refractivity contribution in [3.05, 3.63) is 52.5 Å². The van der Waals surface area contributed by atoms with Gasteiger partial charge in [0, 0.05) is 38.3 Å². The molecule has 1 atom stereocenters. The first-order chi connectivity index (χ1) is 17.3. The van der Waals surface area contributed by atoms with Crippen LogP contribution in [0, 0.1) is 5.92 Å². The lowest BCUT2D eigenvalue weighted by atomic mass is 10.1. The smallest absolute Gasteiger partial charge is 0.419 e. The minimum absolute atomic E-state index is 0.0431. The zero-order chi connectivity index (χ0) is 25.8. The molecule has 1 N–H and O–H groups in total. The summed E-state index contributed by atoms with van der Waals surface area (Å²) in [6, 6.07) is 10.8. The van der Waals surface area contributed by atoms with Crippen molar-refractivity contribution in [2.24, 2.45) is 5.92 Å². The summed E-state index contributed by atoms with van der Waals surface area (Å²) < 4.78 is 17.5. The summed E-state index contributed by atoms with van der Waals surface area (Å²) in [5.74, 6) is 0.154. The lowest BCUT2D eigenvalue weighted by Gasteiger charge is -2.17. The molecule has 1 aliphatic rings. The Morgan fingerprint density at radius 3 is 2.58 bits per heavy atom. The second-order valence-corrected chi connectivity index (χ2v) is 9.17. The van der Waals surface area contributed by atoms with Gasteiger partial charge >= 0.3 is 5.76 Å². The number of benzene rings is 2. The molecule has 0 bridgehead atoms. The van der Waals surface area contributed by atoms with E-state index in [9.17, 15) is 14.4 Å². The van der Waals surface area contributed by atoms with Crippen molar-refractivity contribution < 1.29 is 23.5 Å². The molecule has 1 aliphatic heterocycles. The molecule has 0 radical (unpaired) electrons. The van der Waals surface area contributed by atoms with Crippen LogP contribution >= 0.6 is 0 Å². The number of amides is 2. The summed E-state index contributed by atoms with van der Waals surface area (Å²) >= 11 is 0. The van der Waals surface area contributed by atoms with Crippen molar-refractivity contribution in [2.75, 3.05) is 53.3 Å². The predicted molar refractivity (Wildman–Crippen MR) is 136 cm³/mol. The summed E-state index contributed by atoms with van der Waals surface area (Å²) in [7, 11) is 7.03. The van der Waals surface area contributed by atoms with Gasteiger partial charge in [-0.05, 0) is 56.4 Å². The van der Waals surface area contributed by atoms with Gasteiger partial charge in [0.15, 0.2) is 17.1 Å². The van der Waals surface area contributed by atoms with Gasteiger partial charge < -0.3 is 29.0 Å². The first kappa shape index (κ1) is 25.3. The van der Waals surface area contributed by atoms with E-state index < -0.39 is 11.7 Å². The number of hydrogen-bond donors (Lipinski definition) is 1. The van der Waals surface area contributed by atoms with E-state index in [0.717, 1.165) is 5.56 Å². The Labute approximate surface area is 209 Å². The number of anilines is 1. The van der Waals surface area contributed by atoms with Gasteiger partial charge in [0.25, 0.3) is 0 Å². The van der Waals surface area contributed by atoms with Crippen LogP contribution in [0.25, 0.3) is 11.1 Å². The molecule has 0 spiro atoms. The van der Waals surface area contributed by atoms with E-state index in [2.05, 4.69) is 5.32 Å². The fourth-order valence-electron chi connectivity index (χ4n) is 4.36. The molecular weight excluding hydrogens is 464 g/mol. The minimum Gasteiger partial charge on any atom is -0.493 e. The molecule has 10 nitrogen and oxygen atoms in total. The molecule has 192 valence electrons. The number of ether oxygens (including phenoxy) is 2. The molecule has 0 aliphatic carbocycles. The summed E-state index contributed by atoms with van der Waals surface area (Å²) in [6.45, 7) is 2.02. The SMILES string of the molecule is COc1ccc(CCN2CC(C(=O)Nc3ccc4oc(=O)n(CCN(C)C)c4c3)CC2=O)cc1OC. The fraction of sp³-hybridized carbons (Fsp3) is 0.423. The second kappa shape index (κ2) is 10.9. The summed E-state index contributed by atoms with van der Waals surface area (Å²) in [5.41, 5.74) is 2.66. The quantitative estimate of drug-likeness (QED) is 0.459. The molecule has 2 amide bonds. The number of carbonyl (C=O) groups is 2. The summed E-state index contributed by atoms with van der Waals surface area (Å²) in [4.78, 5) is 41.5. The fourth-order valence-corrected chi connectivity index (χ4v) is 4.36. The van der Waals surface area contributed by atoms with E-state index in [1.807, 2.05) is 37.2 Å². The monoisotopic (exact) mass is 496 g/mol. The maximum absolute atomic E-state index is 13.0.